The van der Waals surface area contributed by atoms with Gasteiger partial charge < -0.3 is 15.8 Å². The van der Waals surface area contributed by atoms with Gasteiger partial charge >= 0.3 is 0 Å². The van der Waals surface area contributed by atoms with Gasteiger partial charge in [0.15, 0.2) is 0 Å². The summed E-state index contributed by atoms with van der Waals surface area (Å²) in [4.78, 5) is 11.6. The Bertz CT molecular complexity index is 389. The molecule has 1 unspecified atom stereocenters. The molecular formula is C14H22N2O2. The second-order valence-electron chi connectivity index (χ2n) is 4.79. The van der Waals surface area contributed by atoms with Gasteiger partial charge in [0.25, 0.3) is 0 Å². The molecule has 0 saturated heterocycles. The number of benzene rings is 1. The molecular weight excluding hydrogens is 228 g/mol. The van der Waals surface area contributed by atoms with E-state index in [0.717, 1.165) is 11.3 Å². The van der Waals surface area contributed by atoms with Crippen molar-refractivity contribution < 1.29 is 9.53 Å². The zero-order chi connectivity index (χ0) is 13.5. The Morgan fingerprint density at radius 1 is 1.39 bits per heavy atom. The van der Waals surface area contributed by atoms with Crippen LogP contribution in [0.15, 0.2) is 24.3 Å². The van der Waals surface area contributed by atoms with Crippen molar-refractivity contribution in [1.82, 2.24) is 0 Å². The van der Waals surface area contributed by atoms with Crippen LogP contribution in [0.25, 0.3) is 0 Å². The molecule has 0 aromatic heterocycles. The molecule has 1 aromatic carbocycles. The molecule has 4 heteroatoms. The number of hydrogen-bond donors (Lipinski definition) is 2. The Labute approximate surface area is 109 Å². The summed E-state index contributed by atoms with van der Waals surface area (Å²) in [5, 5.41) is 2.83. The van der Waals surface area contributed by atoms with Crippen LogP contribution in [0, 0.1) is 0 Å². The third kappa shape index (κ3) is 5.80. The number of nitrogens with two attached hydrogens (primary N) is 1. The lowest BCUT2D eigenvalue weighted by Gasteiger charge is -2.10. The lowest BCUT2D eigenvalue weighted by Crippen LogP contribution is -2.24. The molecule has 0 aliphatic rings. The number of anilines is 1. The highest BCUT2D eigenvalue weighted by Crippen LogP contribution is 2.12. The fraction of sp³-hybridized carbons (Fsp3) is 0.500. The van der Waals surface area contributed by atoms with Crippen molar-refractivity contribution >= 4 is 11.6 Å². The first kappa shape index (κ1) is 14.7. The van der Waals surface area contributed by atoms with E-state index in [1.165, 1.54) is 0 Å². The maximum atomic E-state index is 11.6. The van der Waals surface area contributed by atoms with E-state index in [1.807, 2.05) is 45.0 Å². The monoisotopic (exact) mass is 250 g/mol. The van der Waals surface area contributed by atoms with Gasteiger partial charge in [-0.3, -0.25) is 4.79 Å². The first-order valence-corrected chi connectivity index (χ1v) is 6.23. The van der Waals surface area contributed by atoms with Crippen molar-refractivity contribution in [2.75, 3.05) is 5.32 Å². The standard InChI is InChI=1S/C14H22N2O2/c1-10(2)18-9-12-5-4-6-13(8-12)16-14(17)7-11(3)15/h4-6,8,10-11H,7,9,15H2,1-3H3,(H,16,17). The highest BCUT2D eigenvalue weighted by Gasteiger charge is 2.06. The number of amides is 1. The predicted octanol–water partition coefficient (Wildman–Crippen LogP) is 2.29. The van der Waals surface area contributed by atoms with Crippen molar-refractivity contribution in [3.63, 3.8) is 0 Å². The van der Waals surface area contributed by atoms with E-state index in [2.05, 4.69) is 5.32 Å². The maximum absolute atomic E-state index is 11.6. The second-order valence-corrected chi connectivity index (χ2v) is 4.79. The van der Waals surface area contributed by atoms with Crippen LogP contribution in [0.3, 0.4) is 0 Å². The summed E-state index contributed by atoms with van der Waals surface area (Å²) >= 11 is 0. The van der Waals surface area contributed by atoms with Crippen LogP contribution < -0.4 is 11.1 Å². The van der Waals surface area contributed by atoms with Gasteiger partial charge in [0, 0.05) is 18.2 Å². The summed E-state index contributed by atoms with van der Waals surface area (Å²) in [6.07, 6.45) is 0.522. The van der Waals surface area contributed by atoms with Crippen LogP contribution in [0.1, 0.15) is 32.8 Å². The summed E-state index contributed by atoms with van der Waals surface area (Å²) in [5.74, 6) is -0.0630. The van der Waals surface area contributed by atoms with Gasteiger partial charge in [-0.25, -0.2) is 0 Å². The van der Waals surface area contributed by atoms with E-state index in [4.69, 9.17) is 10.5 Å². The third-order valence-corrected chi connectivity index (χ3v) is 2.30. The Balaban J connectivity index is 2.56. The molecule has 0 saturated carbocycles. The number of nitrogens with one attached hydrogen (secondary N) is 1. The normalized spacial score (nSPS) is 12.5. The average molecular weight is 250 g/mol. The molecule has 0 aliphatic heterocycles. The molecule has 100 valence electrons. The molecule has 3 N–H and O–H groups in total. The average Bonchev–Trinajstić information content (AvgIpc) is 2.25. The maximum Gasteiger partial charge on any atom is 0.225 e. The van der Waals surface area contributed by atoms with E-state index >= 15 is 0 Å². The minimum atomic E-state index is -0.127. The summed E-state index contributed by atoms with van der Waals surface area (Å²) < 4.78 is 5.52. The topological polar surface area (TPSA) is 64.4 Å². The number of ether oxygens (including phenoxy) is 1. The zero-order valence-corrected chi connectivity index (χ0v) is 11.3. The number of carbonyl (C=O) groups excluding carboxylic acids is 1. The van der Waals surface area contributed by atoms with Gasteiger partial charge in [0.1, 0.15) is 0 Å². The van der Waals surface area contributed by atoms with E-state index in [9.17, 15) is 4.79 Å². The summed E-state index contributed by atoms with van der Waals surface area (Å²) in [6, 6.07) is 7.53. The summed E-state index contributed by atoms with van der Waals surface area (Å²) in [5.41, 5.74) is 7.40. The molecule has 18 heavy (non-hydrogen) atoms. The van der Waals surface area contributed by atoms with Crippen LogP contribution in [-0.2, 0) is 16.1 Å². The Hall–Kier alpha value is -1.39. The van der Waals surface area contributed by atoms with Crippen LogP contribution in [0.5, 0.6) is 0 Å². The van der Waals surface area contributed by atoms with Crippen molar-refractivity contribution in [1.29, 1.82) is 0 Å². The van der Waals surface area contributed by atoms with Gasteiger partial charge in [-0.05, 0) is 38.5 Å². The molecule has 0 bridgehead atoms. The molecule has 0 heterocycles. The van der Waals surface area contributed by atoms with Crippen LogP contribution in [0.2, 0.25) is 0 Å². The Morgan fingerprint density at radius 2 is 2.11 bits per heavy atom. The molecule has 0 radical (unpaired) electrons. The van der Waals surface area contributed by atoms with Crippen molar-refractivity contribution in [2.45, 2.75) is 45.9 Å². The van der Waals surface area contributed by atoms with Crippen molar-refractivity contribution in [3.05, 3.63) is 29.8 Å². The molecule has 0 spiro atoms. The second kappa shape index (κ2) is 7.13. The number of rotatable bonds is 6. The highest BCUT2D eigenvalue weighted by atomic mass is 16.5. The lowest BCUT2D eigenvalue weighted by molar-refractivity contribution is -0.116. The lowest BCUT2D eigenvalue weighted by atomic mass is 10.2. The third-order valence-electron chi connectivity index (χ3n) is 2.30. The minimum Gasteiger partial charge on any atom is -0.374 e. The first-order valence-electron chi connectivity index (χ1n) is 6.23. The van der Waals surface area contributed by atoms with Gasteiger partial charge in [-0.2, -0.15) is 0 Å². The van der Waals surface area contributed by atoms with E-state index < -0.39 is 0 Å². The fourth-order valence-corrected chi connectivity index (χ4v) is 1.51. The van der Waals surface area contributed by atoms with Gasteiger partial charge in [0.05, 0.1) is 12.7 Å². The van der Waals surface area contributed by atoms with E-state index in [1.54, 1.807) is 0 Å². The zero-order valence-electron chi connectivity index (χ0n) is 11.3. The SMILES string of the molecule is CC(N)CC(=O)Nc1cccc(COC(C)C)c1. The first-order chi connectivity index (χ1) is 8.47. The molecule has 1 atom stereocenters. The number of hydrogen-bond acceptors (Lipinski definition) is 3. The molecule has 0 aliphatic carbocycles. The van der Waals surface area contributed by atoms with Gasteiger partial charge in [0.2, 0.25) is 5.91 Å². The van der Waals surface area contributed by atoms with Crippen molar-refractivity contribution in [2.24, 2.45) is 5.73 Å². The van der Waals surface area contributed by atoms with E-state index in [0.29, 0.717) is 13.0 Å². The molecule has 1 rings (SSSR count). The van der Waals surface area contributed by atoms with Crippen LogP contribution in [0.4, 0.5) is 5.69 Å². The fourth-order valence-electron chi connectivity index (χ4n) is 1.51. The summed E-state index contributed by atoms with van der Waals surface area (Å²) in [6.45, 7) is 6.35. The minimum absolute atomic E-state index is 0.0630. The Morgan fingerprint density at radius 3 is 2.72 bits per heavy atom. The quantitative estimate of drug-likeness (QED) is 0.814. The van der Waals surface area contributed by atoms with Gasteiger partial charge in [-0.15, -0.1) is 0 Å². The highest BCUT2D eigenvalue weighted by molar-refractivity contribution is 5.91. The van der Waals surface area contributed by atoms with Gasteiger partial charge in [-0.1, -0.05) is 12.1 Å². The predicted molar refractivity (Wildman–Crippen MR) is 73.3 cm³/mol. The Kier molecular flexibility index (Phi) is 5.82. The van der Waals surface area contributed by atoms with E-state index in [-0.39, 0.29) is 18.1 Å². The largest absolute Gasteiger partial charge is 0.374 e. The molecule has 1 aromatic rings. The van der Waals surface area contributed by atoms with Crippen molar-refractivity contribution in [3.8, 4) is 0 Å². The summed E-state index contributed by atoms with van der Waals surface area (Å²) in [7, 11) is 0. The number of carbonyl (C=O) groups is 1. The smallest absolute Gasteiger partial charge is 0.225 e. The van der Waals surface area contributed by atoms with Crippen LogP contribution in [-0.4, -0.2) is 18.1 Å². The molecule has 0 fully saturated rings. The molecule has 1 amide bonds. The molecule has 4 nitrogen and oxygen atoms in total. The van der Waals surface area contributed by atoms with Crippen LogP contribution >= 0.6 is 0 Å².